The minimum atomic E-state index is -1.15. The van der Waals surface area contributed by atoms with Crippen molar-refractivity contribution in [3.63, 3.8) is 0 Å². The summed E-state index contributed by atoms with van der Waals surface area (Å²) in [5, 5.41) is 11.7. The fraction of sp³-hybridized carbons (Fsp3) is 0.0833. The molecule has 0 radical (unpaired) electrons. The zero-order chi connectivity index (χ0) is 13.1. The van der Waals surface area contributed by atoms with Crippen LogP contribution < -0.4 is 5.32 Å². The molecule has 0 fully saturated rings. The number of hydrogen-bond acceptors (Lipinski definition) is 3. The molecule has 2 aromatic rings. The zero-order valence-electron chi connectivity index (χ0n) is 9.11. The Balaban J connectivity index is 2.14. The van der Waals surface area contributed by atoms with E-state index < -0.39 is 11.8 Å². The van der Waals surface area contributed by atoms with E-state index in [0.717, 1.165) is 4.47 Å². The van der Waals surface area contributed by atoms with Gasteiger partial charge in [-0.1, -0.05) is 15.9 Å². The van der Waals surface area contributed by atoms with E-state index in [9.17, 15) is 9.18 Å². The fourth-order valence-electron chi connectivity index (χ4n) is 1.49. The maximum Gasteiger partial charge on any atom is 0.372 e. The highest BCUT2D eigenvalue weighted by Gasteiger charge is 2.14. The molecule has 2 rings (SSSR count). The Morgan fingerprint density at radius 3 is 2.94 bits per heavy atom. The molecule has 0 atom stereocenters. The average molecular weight is 314 g/mol. The van der Waals surface area contributed by atoms with Crippen LogP contribution in [0.2, 0.25) is 0 Å². The van der Waals surface area contributed by atoms with Gasteiger partial charge in [-0.15, -0.1) is 0 Å². The summed E-state index contributed by atoms with van der Waals surface area (Å²) in [5.74, 6) is -1.69. The van der Waals surface area contributed by atoms with Gasteiger partial charge in [0.2, 0.25) is 5.76 Å². The fourth-order valence-corrected chi connectivity index (χ4v) is 1.85. The minimum absolute atomic E-state index is 0.141. The molecule has 0 aliphatic carbocycles. The molecule has 0 spiro atoms. The van der Waals surface area contributed by atoms with E-state index in [1.807, 2.05) is 0 Å². The molecule has 4 nitrogen and oxygen atoms in total. The van der Waals surface area contributed by atoms with Crippen molar-refractivity contribution in [3.8, 4) is 0 Å². The van der Waals surface area contributed by atoms with Crippen LogP contribution in [0.25, 0.3) is 0 Å². The molecule has 18 heavy (non-hydrogen) atoms. The molecular weight excluding hydrogens is 305 g/mol. The first kappa shape index (κ1) is 12.6. The van der Waals surface area contributed by atoms with Gasteiger partial charge in [0.25, 0.3) is 0 Å². The van der Waals surface area contributed by atoms with Crippen LogP contribution in [0.15, 0.2) is 39.4 Å². The molecule has 1 heterocycles. The Morgan fingerprint density at radius 1 is 1.44 bits per heavy atom. The van der Waals surface area contributed by atoms with Crippen LogP contribution in [0.3, 0.4) is 0 Å². The van der Waals surface area contributed by atoms with Crippen molar-refractivity contribution in [2.24, 2.45) is 0 Å². The molecule has 6 heteroatoms. The number of hydrogen-bond donors (Lipinski definition) is 2. The van der Waals surface area contributed by atoms with E-state index in [1.54, 1.807) is 12.1 Å². The van der Waals surface area contributed by atoms with Gasteiger partial charge in [-0.05, 0) is 24.3 Å². The summed E-state index contributed by atoms with van der Waals surface area (Å²) in [6.07, 6.45) is 1.29. The Kier molecular flexibility index (Phi) is 3.66. The van der Waals surface area contributed by atoms with Gasteiger partial charge in [0.05, 0.1) is 12.0 Å². The molecule has 1 aromatic carbocycles. The number of halogens is 2. The van der Waals surface area contributed by atoms with Gasteiger partial charge in [-0.25, -0.2) is 9.18 Å². The minimum Gasteiger partial charge on any atom is -0.475 e. The third-order valence-electron chi connectivity index (χ3n) is 2.34. The largest absolute Gasteiger partial charge is 0.475 e. The maximum atomic E-state index is 13.4. The van der Waals surface area contributed by atoms with Crippen LogP contribution in [-0.2, 0) is 6.54 Å². The van der Waals surface area contributed by atoms with Gasteiger partial charge in [0.15, 0.2) is 0 Å². The predicted octanol–water partition coefficient (Wildman–Crippen LogP) is 3.49. The van der Waals surface area contributed by atoms with E-state index in [-0.39, 0.29) is 12.3 Å². The molecule has 94 valence electrons. The molecule has 0 aliphatic rings. The first-order valence-corrected chi connectivity index (χ1v) is 5.86. The number of aromatic carboxylic acids is 1. The molecular formula is C12H9BrFNO3. The van der Waals surface area contributed by atoms with E-state index in [1.165, 1.54) is 18.4 Å². The molecule has 0 bridgehead atoms. The Bertz CT molecular complexity index is 582. The van der Waals surface area contributed by atoms with Crippen molar-refractivity contribution in [2.75, 3.05) is 5.32 Å². The van der Waals surface area contributed by atoms with Crippen molar-refractivity contribution >= 4 is 27.6 Å². The lowest BCUT2D eigenvalue weighted by molar-refractivity contribution is 0.0661. The van der Waals surface area contributed by atoms with Crippen molar-refractivity contribution in [1.29, 1.82) is 0 Å². The Morgan fingerprint density at radius 2 is 2.22 bits per heavy atom. The van der Waals surface area contributed by atoms with Gasteiger partial charge in [0, 0.05) is 16.6 Å². The lowest BCUT2D eigenvalue weighted by atomic mass is 10.2. The summed E-state index contributed by atoms with van der Waals surface area (Å²) in [6, 6.07) is 6.02. The van der Waals surface area contributed by atoms with Crippen LogP contribution in [0.4, 0.5) is 10.1 Å². The third-order valence-corrected chi connectivity index (χ3v) is 2.83. The number of carbonyl (C=O) groups is 1. The van der Waals surface area contributed by atoms with Crippen LogP contribution in [0, 0.1) is 5.82 Å². The Labute approximate surface area is 111 Å². The highest BCUT2D eigenvalue weighted by Crippen LogP contribution is 2.21. The summed E-state index contributed by atoms with van der Waals surface area (Å²) >= 11 is 3.23. The number of carboxylic acid groups (broad SMARTS) is 1. The smallest absolute Gasteiger partial charge is 0.372 e. The Hall–Kier alpha value is -1.82. The van der Waals surface area contributed by atoms with Gasteiger partial charge < -0.3 is 14.8 Å². The van der Waals surface area contributed by atoms with Gasteiger partial charge in [0.1, 0.15) is 5.82 Å². The molecule has 0 saturated heterocycles. The van der Waals surface area contributed by atoms with Crippen molar-refractivity contribution in [1.82, 2.24) is 0 Å². The van der Waals surface area contributed by atoms with Crippen LogP contribution in [0.1, 0.15) is 16.1 Å². The second-order valence-electron chi connectivity index (χ2n) is 3.56. The van der Waals surface area contributed by atoms with Gasteiger partial charge in [-0.2, -0.15) is 0 Å². The summed E-state index contributed by atoms with van der Waals surface area (Å²) in [5.41, 5.74) is 0.754. The number of anilines is 1. The molecule has 1 aromatic heterocycles. The average Bonchev–Trinajstić information content (AvgIpc) is 2.79. The van der Waals surface area contributed by atoms with Crippen molar-refractivity contribution in [3.05, 3.63) is 52.1 Å². The quantitative estimate of drug-likeness (QED) is 0.907. The summed E-state index contributed by atoms with van der Waals surface area (Å²) < 4.78 is 19.0. The number of furan rings is 1. The zero-order valence-corrected chi connectivity index (χ0v) is 10.7. The normalized spacial score (nSPS) is 10.3. The lowest BCUT2D eigenvalue weighted by Crippen LogP contribution is -2.05. The number of carboxylic acids is 1. The van der Waals surface area contributed by atoms with E-state index >= 15 is 0 Å². The second kappa shape index (κ2) is 5.22. The van der Waals surface area contributed by atoms with E-state index in [4.69, 9.17) is 9.52 Å². The number of nitrogens with one attached hydrogen (secondary N) is 1. The summed E-state index contributed by atoms with van der Waals surface area (Å²) in [4.78, 5) is 10.8. The van der Waals surface area contributed by atoms with E-state index in [2.05, 4.69) is 21.2 Å². The highest BCUT2D eigenvalue weighted by molar-refractivity contribution is 9.10. The van der Waals surface area contributed by atoms with Crippen LogP contribution >= 0.6 is 15.9 Å². The van der Waals surface area contributed by atoms with E-state index in [0.29, 0.717) is 11.3 Å². The number of benzene rings is 1. The van der Waals surface area contributed by atoms with Crippen LogP contribution in [0.5, 0.6) is 0 Å². The summed E-state index contributed by atoms with van der Waals surface area (Å²) in [7, 11) is 0. The molecule has 2 N–H and O–H groups in total. The van der Waals surface area contributed by atoms with Crippen molar-refractivity contribution < 1.29 is 18.7 Å². The topological polar surface area (TPSA) is 62.5 Å². The second-order valence-corrected chi connectivity index (χ2v) is 4.47. The standard InChI is InChI=1S/C12H9BrFNO3/c13-8-1-2-9(14)10(5-8)15-6-7-3-4-18-11(7)12(16)17/h1-5,15H,6H2,(H,16,17). The summed E-state index contributed by atoms with van der Waals surface area (Å²) in [6.45, 7) is 0.172. The predicted molar refractivity (Wildman–Crippen MR) is 67.1 cm³/mol. The molecule has 0 amide bonds. The monoisotopic (exact) mass is 313 g/mol. The maximum absolute atomic E-state index is 13.4. The first-order valence-electron chi connectivity index (χ1n) is 5.06. The SMILES string of the molecule is O=C(O)c1occc1CNc1cc(Br)ccc1F. The number of rotatable bonds is 4. The molecule has 0 aliphatic heterocycles. The van der Waals surface area contributed by atoms with Crippen LogP contribution in [-0.4, -0.2) is 11.1 Å². The highest BCUT2D eigenvalue weighted by atomic mass is 79.9. The first-order chi connectivity index (χ1) is 8.58. The molecule has 0 unspecified atom stereocenters. The molecule has 0 saturated carbocycles. The third kappa shape index (κ3) is 2.70. The van der Waals surface area contributed by atoms with Gasteiger partial charge >= 0.3 is 5.97 Å². The van der Waals surface area contributed by atoms with Gasteiger partial charge in [-0.3, -0.25) is 0 Å². The van der Waals surface area contributed by atoms with Crippen molar-refractivity contribution in [2.45, 2.75) is 6.54 Å². The lowest BCUT2D eigenvalue weighted by Gasteiger charge is -2.07.